The Balaban J connectivity index is 2.15. The molecule has 0 unspecified atom stereocenters. The van der Waals surface area contributed by atoms with E-state index < -0.39 is 5.91 Å². The summed E-state index contributed by atoms with van der Waals surface area (Å²) in [6, 6.07) is 5.73. The average molecular weight is 263 g/mol. The minimum atomic E-state index is -0.606. The summed E-state index contributed by atoms with van der Waals surface area (Å²) in [4.78, 5) is 21.3. The molecule has 0 saturated heterocycles. The van der Waals surface area contributed by atoms with Crippen LogP contribution in [0.2, 0.25) is 0 Å². The van der Waals surface area contributed by atoms with Crippen LogP contribution in [-0.2, 0) is 15.0 Å². The van der Waals surface area contributed by atoms with E-state index in [9.17, 15) is 9.59 Å². The summed E-state index contributed by atoms with van der Waals surface area (Å²) in [6.45, 7) is 5.46. The molecule has 1 amide bonds. The highest BCUT2D eigenvalue weighted by molar-refractivity contribution is 6.23. The van der Waals surface area contributed by atoms with Crippen LogP contribution in [0.5, 0.6) is 11.5 Å². The number of hydrogen-bond donors (Lipinski definition) is 1. The molecule has 5 nitrogen and oxygen atoms in total. The van der Waals surface area contributed by atoms with Crippen molar-refractivity contribution in [2.75, 3.05) is 19.8 Å². The van der Waals surface area contributed by atoms with E-state index in [1.807, 2.05) is 32.0 Å². The van der Waals surface area contributed by atoms with Crippen LogP contribution in [0, 0.1) is 0 Å². The highest BCUT2D eigenvalue weighted by Gasteiger charge is 2.24. The monoisotopic (exact) mass is 263 g/mol. The molecule has 5 heteroatoms. The normalized spacial score (nSPS) is 13.8. The Bertz CT molecular complexity index is 496. The van der Waals surface area contributed by atoms with E-state index in [0.29, 0.717) is 19.8 Å². The van der Waals surface area contributed by atoms with Gasteiger partial charge in [-0.2, -0.15) is 0 Å². The number of carbonyl (C=O) groups is 2. The predicted molar refractivity (Wildman–Crippen MR) is 69.5 cm³/mol. The van der Waals surface area contributed by atoms with Crippen LogP contribution in [0.1, 0.15) is 19.4 Å². The Kier molecular flexibility index (Phi) is 3.74. The minimum absolute atomic E-state index is 0.278. The van der Waals surface area contributed by atoms with Gasteiger partial charge in [0.1, 0.15) is 13.2 Å². The van der Waals surface area contributed by atoms with Gasteiger partial charge in [0.15, 0.2) is 11.5 Å². The lowest BCUT2D eigenvalue weighted by atomic mass is 9.84. The van der Waals surface area contributed by atoms with Crippen LogP contribution < -0.4 is 14.8 Å². The molecular formula is C14H17NO4. The molecule has 0 spiro atoms. The summed E-state index contributed by atoms with van der Waals surface area (Å²) >= 11 is 0. The highest BCUT2D eigenvalue weighted by Crippen LogP contribution is 2.34. The first-order chi connectivity index (χ1) is 9.03. The van der Waals surface area contributed by atoms with Gasteiger partial charge in [-0.15, -0.1) is 0 Å². The molecule has 1 aromatic rings. The summed E-state index contributed by atoms with van der Waals surface area (Å²) in [5, 5.41) is 2.57. The Morgan fingerprint density at radius 3 is 2.68 bits per heavy atom. The Morgan fingerprint density at radius 1 is 1.32 bits per heavy atom. The van der Waals surface area contributed by atoms with Gasteiger partial charge in [-0.1, -0.05) is 19.9 Å². The first-order valence-corrected chi connectivity index (χ1v) is 6.16. The third kappa shape index (κ3) is 3.05. The zero-order chi connectivity index (χ0) is 13.9. The van der Waals surface area contributed by atoms with Crippen molar-refractivity contribution in [3.63, 3.8) is 0 Å². The molecule has 0 fully saturated rings. The average Bonchev–Trinajstić information content (AvgIpc) is 2.44. The Labute approximate surface area is 111 Å². The topological polar surface area (TPSA) is 64.6 Å². The number of nitrogens with one attached hydrogen (secondary N) is 1. The number of carbonyl (C=O) groups excluding carboxylic acids is 2. The maximum absolute atomic E-state index is 11.0. The number of ether oxygens (including phenoxy) is 2. The highest BCUT2D eigenvalue weighted by atomic mass is 16.6. The standard InChI is InChI=1S/C14H17NO4/c1-14(2,9-15-13(17)8-16)10-3-4-11-12(7-10)19-6-5-18-11/h3-4,7-8H,5-6,9H2,1-2H3,(H,15,17). The van der Waals surface area contributed by atoms with Crippen LogP contribution in [-0.4, -0.2) is 32.0 Å². The van der Waals surface area contributed by atoms with E-state index in [1.165, 1.54) is 0 Å². The van der Waals surface area contributed by atoms with Crippen LogP contribution in [0.3, 0.4) is 0 Å². The molecule has 0 bridgehead atoms. The third-order valence-corrected chi connectivity index (χ3v) is 3.14. The van der Waals surface area contributed by atoms with Gasteiger partial charge in [-0.3, -0.25) is 9.59 Å². The van der Waals surface area contributed by atoms with E-state index in [-0.39, 0.29) is 11.7 Å². The van der Waals surface area contributed by atoms with Crippen LogP contribution in [0.15, 0.2) is 18.2 Å². The Morgan fingerprint density at radius 2 is 2.00 bits per heavy atom. The summed E-state index contributed by atoms with van der Waals surface area (Å²) in [5.41, 5.74) is 0.720. The fourth-order valence-electron chi connectivity index (χ4n) is 1.92. The van der Waals surface area contributed by atoms with E-state index in [2.05, 4.69) is 5.32 Å². The van der Waals surface area contributed by atoms with Gasteiger partial charge >= 0.3 is 0 Å². The van der Waals surface area contributed by atoms with E-state index in [4.69, 9.17) is 9.47 Å². The second kappa shape index (κ2) is 5.30. The van der Waals surface area contributed by atoms with Gasteiger partial charge in [-0.25, -0.2) is 0 Å². The fraction of sp³-hybridized carbons (Fsp3) is 0.429. The molecular weight excluding hydrogens is 246 g/mol. The number of fused-ring (bicyclic) bond motifs is 1. The molecule has 0 radical (unpaired) electrons. The van der Waals surface area contributed by atoms with Crippen molar-refractivity contribution >= 4 is 12.2 Å². The summed E-state index contributed by atoms with van der Waals surface area (Å²) < 4.78 is 11.0. The molecule has 0 aliphatic carbocycles. The lowest BCUT2D eigenvalue weighted by Crippen LogP contribution is -2.37. The number of amides is 1. The predicted octanol–water partition coefficient (Wildman–Crippen LogP) is 1.05. The minimum Gasteiger partial charge on any atom is -0.486 e. The molecule has 1 aliphatic heterocycles. The van der Waals surface area contributed by atoms with Crippen molar-refractivity contribution in [2.45, 2.75) is 19.3 Å². The lowest BCUT2D eigenvalue weighted by molar-refractivity contribution is -0.131. The second-order valence-corrected chi connectivity index (χ2v) is 5.08. The quantitative estimate of drug-likeness (QED) is 0.651. The van der Waals surface area contributed by atoms with Gasteiger partial charge in [0.25, 0.3) is 5.91 Å². The summed E-state index contributed by atoms with van der Waals surface area (Å²) in [5.74, 6) is 0.854. The van der Waals surface area contributed by atoms with Crippen LogP contribution >= 0.6 is 0 Å². The summed E-state index contributed by atoms with van der Waals surface area (Å²) in [6.07, 6.45) is 0.278. The van der Waals surface area contributed by atoms with Crippen LogP contribution in [0.25, 0.3) is 0 Å². The fourth-order valence-corrected chi connectivity index (χ4v) is 1.92. The number of benzene rings is 1. The van der Waals surface area contributed by atoms with Gasteiger partial charge in [0.2, 0.25) is 6.29 Å². The van der Waals surface area contributed by atoms with Crippen molar-refractivity contribution in [3.8, 4) is 11.5 Å². The Hall–Kier alpha value is -2.04. The van der Waals surface area contributed by atoms with Crippen molar-refractivity contribution in [1.82, 2.24) is 5.32 Å². The smallest absolute Gasteiger partial charge is 0.284 e. The molecule has 19 heavy (non-hydrogen) atoms. The lowest BCUT2D eigenvalue weighted by Gasteiger charge is -2.27. The first kappa shape index (κ1) is 13.4. The molecule has 0 aromatic heterocycles. The van der Waals surface area contributed by atoms with Gasteiger partial charge in [0.05, 0.1) is 0 Å². The molecule has 1 N–H and O–H groups in total. The molecule has 0 atom stereocenters. The van der Waals surface area contributed by atoms with Gasteiger partial charge < -0.3 is 14.8 Å². The molecule has 2 rings (SSSR count). The molecule has 1 heterocycles. The first-order valence-electron chi connectivity index (χ1n) is 6.16. The molecule has 0 saturated carbocycles. The number of rotatable bonds is 4. The molecule has 102 valence electrons. The van der Waals surface area contributed by atoms with Crippen molar-refractivity contribution in [2.24, 2.45) is 0 Å². The second-order valence-electron chi connectivity index (χ2n) is 5.08. The third-order valence-electron chi connectivity index (χ3n) is 3.14. The van der Waals surface area contributed by atoms with Gasteiger partial charge in [-0.05, 0) is 17.7 Å². The SMILES string of the molecule is CC(C)(CNC(=O)C=O)c1ccc2c(c1)OCCO2. The number of hydrogen-bond acceptors (Lipinski definition) is 4. The van der Waals surface area contributed by atoms with Crippen LogP contribution in [0.4, 0.5) is 0 Å². The van der Waals surface area contributed by atoms with Crippen molar-refractivity contribution in [3.05, 3.63) is 23.8 Å². The van der Waals surface area contributed by atoms with Gasteiger partial charge in [0, 0.05) is 12.0 Å². The summed E-state index contributed by atoms with van der Waals surface area (Å²) in [7, 11) is 0. The zero-order valence-electron chi connectivity index (χ0n) is 11.1. The molecule has 1 aliphatic rings. The van der Waals surface area contributed by atoms with E-state index in [1.54, 1.807) is 0 Å². The number of aldehydes is 1. The maximum Gasteiger partial charge on any atom is 0.284 e. The largest absolute Gasteiger partial charge is 0.486 e. The van der Waals surface area contributed by atoms with E-state index >= 15 is 0 Å². The zero-order valence-corrected chi connectivity index (χ0v) is 11.1. The van der Waals surface area contributed by atoms with E-state index in [0.717, 1.165) is 17.1 Å². The maximum atomic E-state index is 11.0. The van der Waals surface area contributed by atoms with Crippen molar-refractivity contribution < 1.29 is 19.1 Å². The molecule has 1 aromatic carbocycles. The van der Waals surface area contributed by atoms with Crippen molar-refractivity contribution in [1.29, 1.82) is 0 Å².